The predicted octanol–water partition coefficient (Wildman–Crippen LogP) is 2.40. The number of nitriles is 1. The average molecular weight is 383 g/mol. The van der Waals surface area contributed by atoms with E-state index in [0.29, 0.717) is 23.8 Å². The van der Waals surface area contributed by atoms with Gasteiger partial charge in [-0.2, -0.15) is 5.26 Å². The van der Waals surface area contributed by atoms with Gasteiger partial charge in [0.25, 0.3) is 5.91 Å². The minimum atomic E-state index is -0.243. The van der Waals surface area contributed by atoms with Crippen LogP contribution < -0.4 is 5.32 Å². The van der Waals surface area contributed by atoms with Crippen LogP contribution in [0.4, 0.5) is 0 Å². The first kappa shape index (κ1) is 20.2. The van der Waals surface area contributed by atoms with Crippen LogP contribution in [0.25, 0.3) is 5.88 Å². The molecule has 0 spiro atoms. The number of amides is 1. The van der Waals surface area contributed by atoms with Crippen LogP contribution in [0.3, 0.4) is 0 Å². The quantitative estimate of drug-likeness (QED) is 0.708. The Morgan fingerprint density at radius 1 is 1.18 bits per heavy atom. The van der Waals surface area contributed by atoms with Gasteiger partial charge in [-0.05, 0) is 45.0 Å². The first-order valence-corrected chi connectivity index (χ1v) is 10.0. The number of unbranched alkanes of at least 4 members (excludes halogenated alkanes) is 1. The first-order chi connectivity index (χ1) is 13.6. The summed E-state index contributed by atoms with van der Waals surface area (Å²) >= 11 is 0. The van der Waals surface area contributed by atoms with E-state index in [2.05, 4.69) is 28.1 Å². The Balaban J connectivity index is 1.47. The number of carbonyl (C=O) groups excluding carboxylic acids is 1. The van der Waals surface area contributed by atoms with Crippen LogP contribution in [0.1, 0.15) is 41.4 Å². The highest BCUT2D eigenvalue weighted by molar-refractivity contribution is 5.98. The topological polar surface area (TPSA) is 77.4 Å². The highest BCUT2D eigenvalue weighted by atomic mass is 16.4. The summed E-state index contributed by atoms with van der Waals surface area (Å²) in [6.45, 7) is 11.3. The van der Waals surface area contributed by atoms with Crippen molar-refractivity contribution in [3.05, 3.63) is 41.4 Å². The number of aromatic nitrogens is 1. The van der Waals surface area contributed by atoms with Gasteiger partial charge < -0.3 is 19.5 Å². The van der Waals surface area contributed by atoms with E-state index in [1.165, 1.54) is 0 Å². The lowest BCUT2D eigenvalue weighted by molar-refractivity contribution is 0.0950. The Kier molecular flexibility index (Phi) is 6.90. The summed E-state index contributed by atoms with van der Waals surface area (Å²) in [6.07, 6.45) is 5.56. The van der Waals surface area contributed by atoms with E-state index in [0.717, 1.165) is 52.1 Å². The van der Waals surface area contributed by atoms with Gasteiger partial charge in [0, 0.05) is 45.1 Å². The molecule has 3 heterocycles. The second-order valence-corrected chi connectivity index (χ2v) is 7.15. The first-order valence-electron chi connectivity index (χ1n) is 10.0. The van der Waals surface area contributed by atoms with Crippen molar-refractivity contribution in [1.82, 2.24) is 19.7 Å². The molecule has 1 aliphatic heterocycles. The fraction of sp³-hybridized carbons (Fsp3) is 0.524. The van der Waals surface area contributed by atoms with Crippen LogP contribution in [0, 0.1) is 18.3 Å². The smallest absolute Gasteiger partial charge is 0.256 e. The number of rotatable bonds is 8. The molecule has 1 aliphatic rings. The third kappa shape index (κ3) is 4.64. The SMILES string of the molecule is CCN1CCN(CCCCNC(=O)c2c(C)oc(-n3cccc3)c2C#N)CC1. The molecule has 0 unspecified atom stereocenters. The summed E-state index contributed by atoms with van der Waals surface area (Å²) in [7, 11) is 0. The van der Waals surface area contributed by atoms with E-state index in [-0.39, 0.29) is 11.5 Å². The molecule has 1 saturated heterocycles. The Labute approximate surface area is 166 Å². The van der Waals surface area contributed by atoms with Crippen molar-refractivity contribution in [3.63, 3.8) is 0 Å². The molecule has 1 N–H and O–H groups in total. The summed E-state index contributed by atoms with van der Waals surface area (Å²) in [5, 5.41) is 12.5. The van der Waals surface area contributed by atoms with Crippen molar-refractivity contribution in [2.24, 2.45) is 0 Å². The molecule has 7 heteroatoms. The largest absolute Gasteiger partial charge is 0.443 e. The van der Waals surface area contributed by atoms with Crippen molar-refractivity contribution in [3.8, 4) is 12.0 Å². The average Bonchev–Trinajstić information content (AvgIpc) is 3.35. The number of hydrogen-bond acceptors (Lipinski definition) is 5. The van der Waals surface area contributed by atoms with Gasteiger partial charge in [-0.3, -0.25) is 9.36 Å². The molecule has 7 nitrogen and oxygen atoms in total. The van der Waals surface area contributed by atoms with E-state index < -0.39 is 0 Å². The van der Waals surface area contributed by atoms with Gasteiger partial charge in [0.15, 0.2) is 0 Å². The number of carbonyl (C=O) groups is 1. The van der Waals surface area contributed by atoms with E-state index >= 15 is 0 Å². The summed E-state index contributed by atoms with van der Waals surface area (Å²) < 4.78 is 7.40. The Morgan fingerprint density at radius 2 is 1.86 bits per heavy atom. The summed E-state index contributed by atoms with van der Waals surface area (Å²) in [5.74, 6) is 0.612. The highest BCUT2D eigenvalue weighted by Crippen LogP contribution is 2.25. The predicted molar refractivity (Wildman–Crippen MR) is 108 cm³/mol. The molecule has 0 saturated carbocycles. The standard InChI is InChI=1S/C21H29N5O2/c1-3-24-12-14-25(15-13-24)9-5-4-8-23-20(27)19-17(2)28-21(18(19)16-22)26-10-6-7-11-26/h6-7,10-11H,3-5,8-9,12-15H2,1-2H3,(H,23,27). The second-order valence-electron chi connectivity index (χ2n) is 7.15. The van der Waals surface area contributed by atoms with Gasteiger partial charge >= 0.3 is 0 Å². The van der Waals surface area contributed by atoms with Crippen LogP contribution in [-0.4, -0.2) is 66.1 Å². The molecular weight excluding hydrogens is 354 g/mol. The molecule has 3 rings (SSSR count). The van der Waals surface area contributed by atoms with Crippen LogP contribution in [0.2, 0.25) is 0 Å². The number of nitrogens with one attached hydrogen (secondary N) is 1. The molecule has 0 atom stereocenters. The third-order valence-electron chi connectivity index (χ3n) is 5.34. The fourth-order valence-electron chi connectivity index (χ4n) is 3.64. The number of aryl methyl sites for hydroxylation is 1. The van der Waals surface area contributed by atoms with Crippen LogP contribution in [0.15, 0.2) is 28.9 Å². The monoisotopic (exact) mass is 383 g/mol. The Morgan fingerprint density at radius 3 is 2.50 bits per heavy atom. The Bertz CT molecular complexity index is 811. The zero-order valence-electron chi connectivity index (χ0n) is 16.8. The van der Waals surface area contributed by atoms with Gasteiger partial charge in [0.05, 0.1) is 0 Å². The van der Waals surface area contributed by atoms with Gasteiger partial charge in [-0.15, -0.1) is 0 Å². The minimum absolute atomic E-state index is 0.243. The lowest BCUT2D eigenvalue weighted by Gasteiger charge is -2.33. The van der Waals surface area contributed by atoms with Crippen molar-refractivity contribution >= 4 is 5.91 Å². The van der Waals surface area contributed by atoms with Gasteiger partial charge in [-0.25, -0.2) is 0 Å². The molecule has 0 aliphatic carbocycles. The van der Waals surface area contributed by atoms with Crippen molar-refractivity contribution in [1.29, 1.82) is 5.26 Å². The maximum Gasteiger partial charge on any atom is 0.256 e. The van der Waals surface area contributed by atoms with E-state index in [4.69, 9.17) is 4.42 Å². The molecule has 2 aromatic rings. The van der Waals surface area contributed by atoms with Crippen molar-refractivity contribution < 1.29 is 9.21 Å². The molecule has 0 aromatic carbocycles. The molecule has 0 radical (unpaired) electrons. The number of furan rings is 1. The Hall–Kier alpha value is -2.56. The van der Waals surface area contributed by atoms with Crippen LogP contribution in [0.5, 0.6) is 0 Å². The molecule has 1 amide bonds. The number of hydrogen-bond donors (Lipinski definition) is 1. The van der Waals surface area contributed by atoms with E-state index in [1.54, 1.807) is 23.9 Å². The van der Waals surface area contributed by atoms with Crippen molar-refractivity contribution in [2.45, 2.75) is 26.7 Å². The lowest BCUT2D eigenvalue weighted by atomic mass is 10.1. The van der Waals surface area contributed by atoms with Crippen molar-refractivity contribution in [2.75, 3.05) is 45.8 Å². The lowest BCUT2D eigenvalue weighted by Crippen LogP contribution is -2.46. The number of nitrogens with zero attached hydrogens (tertiary/aromatic N) is 4. The fourth-order valence-corrected chi connectivity index (χ4v) is 3.64. The maximum absolute atomic E-state index is 12.6. The normalized spacial score (nSPS) is 15.5. The third-order valence-corrected chi connectivity index (χ3v) is 5.34. The second kappa shape index (κ2) is 9.58. The number of likely N-dealkylation sites (N-methyl/N-ethyl adjacent to an activating group) is 1. The van der Waals surface area contributed by atoms with E-state index in [9.17, 15) is 10.1 Å². The molecule has 28 heavy (non-hydrogen) atoms. The van der Waals surface area contributed by atoms with Crippen LogP contribution in [-0.2, 0) is 0 Å². The van der Waals surface area contributed by atoms with E-state index in [1.807, 2.05) is 12.1 Å². The molecular formula is C21H29N5O2. The van der Waals surface area contributed by atoms with Gasteiger partial charge in [0.1, 0.15) is 23.0 Å². The summed E-state index contributed by atoms with van der Waals surface area (Å²) in [5.41, 5.74) is 0.613. The molecule has 2 aromatic heterocycles. The molecule has 150 valence electrons. The summed E-state index contributed by atoms with van der Waals surface area (Å²) in [4.78, 5) is 17.6. The zero-order chi connectivity index (χ0) is 19.9. The minimum Gasteiger partial charge on any atom is -0.443 e. The van der Waals surface area contributed by atoms with Gasteiger partial charge in [0.2, 0.25) is 5.88 Å². The van der Waals surface area contributed by atoms with Gasteiger partial charge in [-0.1, -0.05) is 6.92 Å². The number of piperazine rings is 1. The van der Waals surface area contributed by atoms with Crippen LogP contribution >= 0.6 is 0 Å². The zero-order valence-corrected chi connectivity index (χ0v) is 16.8. The highest BCUT2D eigenvalue weighted by Gasteiger charge is 2.24. The molecule has 1 fully saturated rings. The maximum atomic E-state index is 12.6. The molecule has 0 bridgehead atoms. The summed E-state index contributed by atoms with van der Waals surface area (Å²) in [6, 6.07) is 5.82.